The number of H-pyrrole nitrogens is 1. The van der Waals surface area contributed by atoms with Gasteiger partial charge in [-0.25, -0.2) is 4.98 Å². The first kappa shape index (κ1) is 12.1. The maximum Gasteiger partial charge on any atom is 0.266 e. The Balaban J connectivity index is 2.01. The van der Waals surface area contributed by atoms with Crippen LogP contribution in [0.2, 0.25) is 0 Å². The number of hydrogen-bond acceptors (Lipinski definition) is 4. The number of pyridine rings is 1. The van der Waals surface area contributed by atoms with Gasteiger partial charge in [0, 0.05) is 17.3 Å². The molecule has 0 saturated carbocycles. The van der Waals surface area contributed by atoms with Crippen molar-refractivity contribution >= 4 is 45.0 Å². The lowest BCUT2D eigenvalue weighted by molar-refractivity contribution is 1.10. The van der Waals surface area contributed by atoms with E-state index in [0.29, 0.717) is 9.39 Å². The number of anilines is 2. The molecule has 0 aliphatic heterocycles. The van der Waals surface area contributed by atoms with Crippen molar-refractivity contribution in [2.24, 2.45) is 0 Å². The minimum absolute atomic E-state index is 0.152. The molecule has 0 aliphatic carbocycles. The summed E-state index contributed by atoms with van der Waals surface area (Å²) >= 11 is 1.97. The number of benzene rings is 1. The van der Waals surface area contributed by atoms with Crippen molar-refractivity contribution in [3.63, 3.8) is 0 Å². The molecule has 0 amide bonds. The van der Waals surface area contributed by atoms with Crippen molar-refractivity contribution in [2.45, 2.75) is 0 Å². The average Bonchev–Trinajstić information content (AvgIpc) is 2.44. The summed E-state index contributed by atoms with van der Waals surface area (Å²) in [5, 5.41) is 4.17. The molecule has 0 unspecified atom stereocenters. The third kappa shape index (κ3) is 2.43. The number of rotatable bonds is 2. The highest BCUT2D eigenvalue weighted by atomic mass is 127. The third-order valence-electron chi connectivity index (χ3n) is 2.66. The largest absolute Gasteiger partial charge is 0.339 e. The van der Waals surface area contributed by atoms with Crippen LogP contribution in [0, 0.1) is 3.57 Å². The van der Waals surface area contributed by atoms with Gasteiger partial charge in [-0.2, -0.15) is 0 Å². The Bertz CT molecular complexity index is 800. The maximum absolute atomic E-state index is 11.5. The number of halogens is 1. The molecule has 6 heteroatoms. The molecule has 2 N–H and O–H groups in total. The molecule has 94 valence electrons. The molecule has 0 spiro atoms. The van der Waals surface area contributed by atoms with Crippen molar-refractivity contribution in [3.8, 4) is 0 Å². The summed E-state index contributed by atoms with van der Waals surface area (Å²) in [5.41, 5.74) is 1.65. The molecule has 2 heterocycles. The van der Waals surface area contributed by atoms with Crippen molar-refractivity contribution < 1.29 is 0 Å². The van der Waals surface area contributed by atoms with E-state index in [0.717, 1.165) is 16.6 Å². The Morgan fingerprint density at radius 1 is 1.21 bits per heavy atom. The molecule has 0 atom stereocenters. The molecule has 0 radical (unpaired) electrons. The van der Waals surface area contributed by atoms with Crippen LogP contribution in [0.3, 0.4) is 0 Å². The highest BCUT2D eigenvalue weighted by Gasteiger charge is 2.05. The van der Waals surface area contributed by atoms with E-state index < -0.39 is 0 Å². The molecule has 0 saturated heterocycles. The van der Waals surface area contributed by atoms with Crippen LogP contribution in [0.5, 0.6) is 0 Å². The summed E-state index contributed by atoms with van der Waals surface area (Å²) in [4.78, 5) is 22.4. The molecule has 0 bridgehead atoms. The first-order chi connectivity index (χ1) is 9.24. The first-order valence-electron chi connectivity index (χ1n) is 5.59. The van der Waals surface area contributed by atoms with Crippen LogP contribution in [0.25, 0.3) is 10.9 Å². The van der Waals surface area contributed by atoms with Crippen LogP contribution in [-0.2, 0) is 0 Å². The van der Waals surface area contributed by atoms with Crippen LogP contribution in [0.4, 0.5) is 11.5 Å². The van der Waals surface area contributed by atoms with Crippen LogP contribution >= 0.6 is 22.6 Å². The van der Waals surface area contributed by atoms with E-state index in [1.807, 2.05) is 52.9 Å². The average molecular weight is 364 g/mol. The number of aromatic nitrogens is 3. The zero-order chi connectivity index (χ0) is 13.2. The number of nitrogens with zero attached hydrogens (tertiary/aromatic N) is 2. The first-order valence-corrected chi connectivity index (χ1v) is 6.67. The van der Waals surface area contributed by atoms with Crippen LogP contribution in [0.1, 0.15) is 0 Å². The van der Waals surface area contributed by atoms with E-state index in [4.69, 9.17) is 0 Å². The summed E-state index contributed by atoms with van der Waals surface area (Å²) < 4.78 is 0.534. The van der Waals surface area contributed by atoms with Crippen molar-refractivity contribution in [1.82, 2.24) is 15.0 Å². The van der Waals surface area contributed by atoms with Gasteiger partial charge in [0.15, 0.2) is 5.82 Å². The van der Waals surface area contributed by atoms with Crippen LogP contribution < -0.4 is 10.9 Å². The highest BCUT2D eigenvalue weighted by Crippen LogP contribution is 2.21. The van der Waals surface area contributed by atoms with Gasteiger partial charge in [0.1, 0.15) is 3.57 Å². The second-order valence-corrected chi connectivity index (χ2v) is 5.01. The number of nitrogens with one attached hydrogen (secondary N) is 2. The lowest BCUT2D eigenvalue weighted by Gasteiger charge is -2.07. The van der Waals surface area contributed by atoms with Gasteiger partial charge in [-0.3, -0.25) is 9.78 Å². The van der Waals surface area contributed by atoms with Gasteiger partial charge in [0.25, 0.3) is 5.56 Å². The lowest BCUT2D eigenvalue weighted by Crippen LogP contribution is -2.12. The smallest absolute Gasteiger partial charge is 0.266 e. The summed E-state index contributed by atoms with van der Waals surface area (Å²) in [7, 11) is 0. The Morgan fingerprint density at radius 3 is 3.00 bits per heavy atom. The Kier molecular flexibility index (Phi) is 3.16. The second kappa shape index (κ2) is 4.96. The molecule has 0 fully saturated rings. The molecule has 19 heavy (non-hydrogen) atoms. The number of hydrogen-bond donors (Lipinski definition) is 2. The quantitative estimate of drug-likeness (QED) is 0.686. The zero-order valence-corrected chi connectivity index (χ0v) is 11.9. The summed E-state index contributed by atoms with van der Waals surface area (Å²) in [6.07, 6.45) is 3.14. The standard InChI is InChI=1S/C13H9IN4O/c14-11-12(16-7-17-13(11)19)18-9-3-4-10-8(6-9)2-1-5-15-10/h1-7H,(H2,16,17,18,19). The van der Waals surface area contributed by atoms with E-state index in [-0.39, 0.29) is 5.56 Å². The Labute approximate surface area is 122 Å². The predicted octanol–water partition coefficient (Wildman–Crippen LogP) is 2.67. The molecule has 0 aliphatic rings. The van der Waals surface area contributed by atoms with Crippen molar-refractivity contribution in [3.05, 3.63) is 56.8 Å². The zero-order valence-electron chi connectivity index (χ0n) is 9.72. The van der Waals surface area contributed by atoms with Gasteiger partial charge in [0.05, 0.1) is 11.8 Å². The van der Waals surface area contributed by atoms with Crippen molar-refractivity contribution in [2.75, 3.05) is 5.32 Å². The lowest BCUT2D eigenvalue weighted by atomic mass is 10.2. The van der Waals surface area contributed by atoms with E-state index in [1.54, 1.807) is 6.20 Å². The highest BCUT2D eigenvalue weighted by molar-refractivity contribution is 14.1. The minimum Gasteiger partial charge on any atom is -0.339 e. The van der Waals surface area contributed by atoms with E-state index in [1.165, 1.54) is 6.33 Å². The topological polar surface area (TPSA) is 70.7 Å². The fraction of sp³-hybridized carbons (Fsp3) is 0. The Hall–Kier alpha value is -1.96. The fourth-order valence-electron chi connectivity index (χ4n) is 1.76. The molecule has 3 aromatic rings. The molecule has 3 rings (SSSR count). The minimum atomic E-state index is -0.152. The van der Waals surface area contributed by atoms with Gasteiger partial charge < -0.3 is 10.3 Å². The predicted molar refractivity (Wildman–Crippen MR) is 82.6 cm³/mol. The maximum atomic E-state index is 11.5. The van der Waals surface area contributed by atoms with E-state index >= 15 is 0 Å². The summed E-state index contributed by atoms with van der Waals surface area (Å²) in [6, 6.07) is 9.69. The summed E-state index contributed by atoms with van der Waals surface area (Å²) in [6.45, 7) is 0. The van der Waals surface area contributed by atoms with Gasteiger partial charge in [-0.15, -0.1) is 0 Å². The monoisotopic (exact) mass is 364 g/mol. The molecule has 5 nitrogen and oxygen atoms in total. The van der Waals surface area contributed by atoms with Crippen molar-refractivity contribution in [1.29, 1.82) is 0 Å². The number of aromatic amines is 1. The Morgan fingerprint density at radius 2 is 2.11 bits per heavy atom. The van der Waals surface area contributed by atoms with E-state index in [9.17, 15) is 4.79 Å². The molecular weight excluding hydrogens is 355 g/mol. The molecule has 2 aromatic heterocycles. The van der Waals surface area contributed by atoms with Gasteiger partial charge >= 0.3 is 0 Å². The van der Waals surface area contributed by atoms with Crippen LogP contribution in [0.15, 0.2) is 47.7 Å². The van der Waals surface area contributed by atoms with Gasteiger partial charge in [-0.05, 0) is 46.9 Å². The van der Waals surface area contributed by atoms with Crippen LogP contribution in [-0.4, -0.2) is 15.0 Å². The number of fused-ring (bicyclic) bond motifs is 1. The summed E-state index contributed by atoms with van der Waals surface area (Å²) in [5.74, 6) is 0.549. The van der Waals surface area contributed by atoms with Gasteiger partial charge in [0.2, 0.25) is 0 Å². The normalized spacial score (nSPS) is 10.6. The molecular formula is C13H9IN4O. The fourth-order valence-corrected chi connectivity index (χ4v) is 2.19. The van der Waals surface area contributed by atoms with Gasteiger partial charge in [-0.1, -0.05) is 6.07 Å². The van der Waals surface area contributed by atoms with E-state index in [2.05, 4.69) is 20.3 Å². The third-order valence-corrected chi connectivity index (χ3v) is 3.66. The second-order valence-electron chi connectivity index (χ2n) is 3.93. The SMILES string of the molecule is O=c1[nH]cnc(Nc2ccc3ncccc3c2)c1I. The molecule has 1 aromatic carbocycles.